The second kappa shape index (κ2) is 10.0. The predicted octanol–water partition coefficient (Wildman–Crippen LogP) is 4.83. The van der Waals surface area contributed by atoms with Crippen molar-refractivity contribution < 1.29 is 9.53 Å². The zero-order valence-electron chi connectivity index (χ0n) is 16.5. The summed E-state index contributed by atoms with van der Waals surface area (Å²) >= 11 is 1.57. The number of benzene rings is 1. The maximum Gasteiger partial charge on any atom is 0.336 e. The van der Waals surface area contributed by atoms with Crippen LogP contribution in [-0.2, 0) is 9.53 Å². The molecule has 5 nitrogen and oxygen atoms in total. The minimum Gasteiger partial charge on any atom is -0.463 e. The summed E-state index contributed by atoms with van der Waals surface area (Å²) in [6.07, 6.45) is 4.36. The number of nitrogens with zero attached hydrogens (tertiary/aromatic N) is 3. The SMILES string of the molecule is CCCSC1=NC(c2ccccc2)=C(C(=O)OCC)[C@H](c2cccnc2)C1C#N. The molecular weight excluding hydrogens is 382 g/mol. The summed E-state index contributed by atoms with van der Waals surface area (Å²) in [6.45, 7) is 4.12. The Morgan fingerprint density at radius 3 is 2.62 bits per heavy atom. The van der Waals surface area contributed by atoms with E-state index < -0.39 is 17.8 Å². The maximum atomic E-state index is 13.1. The van der Waals surface area contributed by atoms with E-state index in [1.165, 1.54) is 0 Å². The summed E-state index contributed by atoms with van der Waals surface area (Å²) in [5, 5.41) is 10.8. The Morgan fingerprint density at radius 2 is 2.00 bits per heavy atom. The number of thioether (sulfide) groups is 1. The molecule has 0 aliphatic carbocycles. The average Bonchev–Trinajstić information content (AvgIpc) is 2.77. The Morgan fingerprint density at radius 1 is 1.21 bits per heavy atom. The summed E-state index contributed by atoms with van der Waals surface area (Å²) in [6, 6.07) is 15.7. The van der Waals surface area contributed by atoms with Crippen LogP contribution < -0.4 is 0 Å². The van der Waals surface area contributed by atoms with E-state index >= 15 is 0 Å². The molecule has 0 fully saturated rings. The van der Waals surface area contributed by atoms with Gasteiger partial charge in [-0.1, -0.05) is 43.3 Å². The Kier molecular flexibility index (Phi) is 7.20. The fourth-order valence-corrected chi connectivity index (χ4v) is 4.26. The number of carbonyl (C=O) groups excluding carboxylic acids is 1. The molecule has 1 aliphatic rings. The van der Waals surface area contributed by atoms with E-state index in [2.05, 4.69) is 18.0 Å². The van der Waals surface area contributed by atoms with Crippen molar-refractivity contribution in [2.24, 2.45) is 10.9 Å². The third-order valence-electron chi connectivity index (χ3n) is 4.57. The van der Waals surface area contributed by atoms with Crippen molar-refractivity contribution in [3.8, 4) is 6.07 Å². The van der Waals surface area contributed by atoms with Gasteiger partial charge in [0.2, 0.25) is 0 Å². The summed E-state index contributed by atoms with van der Waals surface area (Å²) in [5.74, 6) is -0.640. The molecule has 1 unspecified atom stereocenters. The molecule has 0 amide bonds. The second-order valence-electron chi connectivity index (χ2n) is 6.52. The fraction of sp³-hybridized carbons (Fsp3) is 0.304. The molecule has 0 bridgehead atoms. The number of hydrogen-bond acceptors (Lipinski definition) is 6. The number of aromatic nitrogens is 1. The van der Waals surface area contributed by atoms with Gasteiger partial charge in [-0.2, -0.15) is 5.26 Å². The number of nitriles is 1. The molecule has 0 N–H and O–H groups in total. The van der Waals surface area contributed by atoms with Crippen LogP contribution in [0.4, 0.5) is 0 Å². The van der Waals surface area contributed by atoms with Crippen molar-refractivity contribution in [1.82, 2.24) is 4.98 Å². The largest absolute Gasteiger partial charge is 0.463 e. The van der Waals surface area contributed by atoms with Gasteiger partial charge in [0.1, 0.15) is 5.92 Å². The highest BCUT2D eigenvalue weighted by molar-refractivity contribution is 8.14. The van der Waals surface area contributed by atoms with Gasteiger partial charge in [-0.05, 0) is 30.7 Å². The van der Waals surface area contributed by atoms with Crippen LogP contribution in [0.2, 0.25) is 0 Å². The number of pyridine rings is 1. The average molecular weight is 406 g/mol. The Labute approximate surface area is 175 Å². The van der Waals surface area contributed by atoms with Crippen molar-refractivity contribution in [3.05, 3.63) is 71.6 Å². The van der Waals surface area contributed by atoms with E-state index in [4.69, 9.17) is 9.73 Å². The maximum absolute atomic E-state index is 13.1. The number of aliphatic imine (C=N–C) groups is 1. The van der Waals surface area contributed by atoms with E-state index in [0.29, 0.717) is 11.3 Å². The van der Waals surface area contributed by atoms with E-state index in [9.17, 15) is 10.1 Å². The van der Waals surface area contributed by atoms with Crippen LogP contribution in [0.25, 0.3) is 5.70 Å². The Hall–Kier alpha value is -2.91. The van der Waals surface area contributed by atoms with Crippen molar-refractivity contribution >= 4 is 28.5 Å². The third-order valence-corrected chi connectivity index (χ3v) is 5.82. The first-order valence-electron chi connectivity index (χ1n) is 9.68. The lowest BCUT2D eigenvalue weighted by Crippen LogP contribution is -2.30. The van der Waals surface area contributed by atoms with E-state index in [1.54, 1.807) is 31.1 Å². The second-order valence-corrected chi connectivity index (χ2v) is 7.63. The molecule has 1 aromatic heterocycles. The summed E-state index contributed by atoms with van der Waals surface area (Å²) in [5.41, 5.74) is 2.62. The van der Waals surface area contributed by atoms with Crippen LogP contribution in [0.3, 0.4) is 0 Å². The highest BCUT2D eigenvalue weighted by Gasteiger charge is 2.40. The molecule has 0 saturated heterocycles. The standard InChI is InChI=1S/C23H23N3O2S/c1-3-13-29-22-18(14-24)19(17-11-8-12-25-15-17)20(23(27)28-4-2)21(26-22)16-9-6-5-7-10-16/h5-12,15,18-19H,3-4,13H2,1-2H3/t18?,19-/m1/s1. The van der Waals surface area contributed by atoms with E-state index in [0.717, 1.165) is 28.3 Å². The Balaban J connectivity index is 2.27. The molecule has 0 spiro atoms. The van der Waals surface area contributed by atoms with Crippen molar-refractivity contribution in [2.45, 2.75) is 26.2 Å². The highest BCUT2D eigenvalue weighted by atomic mass is 32.2. The molecule has 0 saturated carbocycles. The van der Waals surface area contributed by atoms with Gasteiger partial charge in [0.15, 0.2) is 0 Å². The molecule has 29 heavy (non-hydrogen) atoms. The number of rotatable bonds is 6. The first-order chi connectivity index (χ1) is 14.2. The molecule has 0 radical (unpaired) electrons. The molecule has 1 aliphatic heterocycles. The first kappa shape index (κ1) is 20.8. The van der Waals surface area contributed by atoms with Gasteiger partial charge in [0.25, 0.3) is 0 Å². The first-order valence-corrected chi connectivity index (χ1v) is 10.7. The normalized spacial score (nSPS) is 18.7. The van der Waals surface area contributed by atoms with Crippen molar-refractivity contribution in [2.75, 3.05) is 12.4 Å². The summed E-state index contributed by atoms with van der Waals surface area (Å²) in [4.78, 5) is 22.1. The smallest absolute Gasteiger partial charge is 0.336 e. The lowest BCUT2D eigenvalue weighted by Gasteiger charge is -2.30. The quantitative estimate of drug-likeness (QED) is 0.643. The molecular formula is C23H23N3O2S. The van der Waals surface area contributed by atoms with Crippen LogP contribution in [0, 0.1) is 17.2 Å². The van der Waals surface area contributed by atoms with Crippen molar-refractivity contribution in [3.63, 3.8) is 0 Å². The van der Waals surface area contributed by atoms with Crippen LogP contribution >= 0.6 is 11.8 Å². The number of ether oxygens (including phenoxy) is 1. The number of carbonyl (C=O) groups is 1. The molecule has 2 heterocycles. The van der Waals surface area contributed by atoms with Crippen LogP contribution in [0.1, 0.15) is 37.3 Å². The summed E-state index contributed by atoms with van der Waals surface area (Å²) in [7, 11) is 0. The molecule has 2 aromatic rings. The molecule has 1 aromatic carbocycles. The van der Waals surface area contributed by atoms with Gasteiger partial charge in [-0.15, -0.1) is 11.8 Å². The Bertz CT molecular complexity index is 949. The van der Waals surface area contributed by atoms with Gasteiger partial charge >= 0.3 is 5.97 Å². The fourth-order valence-electron chi connectivity index (χ4n) is 3.32. The lowest BCUT2D eigenvalue weighted by molar-refractivity contribution is -0.138. The van der Waals surface area contributed by atoms with Gasteiger partial charge < -0.3 is 4.74 Å². The van der Waals surface area contributed by atoms with Gasteiger partial charge in [0.05, 0.1) is 29.0 Å². The predicted molar refractivity (Wildman–Crippen MR) is 116 cm³/mol. The summed E-state index contributed by atoms with van der Waals surface area (Å²) < 4.78 is 5.39. The molecule has 148 valence electrons. The minimum atomic E-state index is -0.567. The van der Waals surface area contributed by atoms with Crippen LogP contribution in [0.5, 0.6) is 0 Å². The zero-order chi connectivity index (χ0) is 20.6. The third kappa shape index (κ3) is 4.57. The van der Waals surface area contributed by atoms with E-state index in [1.807, 2.05) is 42.5 Å². The molecule has 6 heteroatoms. The topological polar surface area (TPSA) is 75.3 Å². The van der Waals surface area contributed by atoms with E-state index in [-0.39, 0.29) is 6.61 Å². The minimum absolute atomic E-state index is 0.253. The number of hydrogen-bond donors (Lipinski definition) is 0. The zero-order valence-corrected chi connectivity index (χ0v) is 17.4. The lowest BCUT2D eigenvalue weighted by atomic mass is 9.78. The molecule has 3 rings (SSSR count). The monoisotopic (exact) mass is 405 g/mol. The van der Waals surface area contributed by atoms with Gasteiger partial charge in [-0.25, -0.2) is 9.79 Å². The van der Waals surface area contributed by atoms with Gasteiger partial charge in [-0.3, -0.25) is 4.98 Å². The number of esters is 1. The van der Waals surface area contributed by atoms with Crippen LogP contribution in [0.15, 0.2) is 65.4 Å². The van der Waals surface area contributed by atoms with Crippen molar-refractivity contribution in [1.29, 1.82) is 5.26 Å². The molecule has 2 atom stereocenters. The van der Waals surface area contributed by atoms with Crippen LogP contribution in [-0.4, -0.2) is 28.4 Å². The van der Waals surface area contributed by atoms with Gasteiger partial charge in [0, 0.05) is 23.9 Å². The highest BCUT2D eigenvalue weighted by Crippen LogP contribution is 2.44.